The maximum Gasteiger partial charge on any atom is 0.126 e. The molecule has 114 valence electrons. The third kappa shape index (κ3) is 2.26. The Balaban J connectivity index is 1.75. The molecule has 3 nitrogen and oxygen atoms in total. The lowest BCUT2D eigenvalue weighted by Gasteiger charge is -2.25. The number of para-hydroxylation sites is 1. The minimum atomic E-state index is 0.665. The number of rotatable bonds is 2. The fourth-order valence-electron chi connectivity index (χ4n) is 3.77. The van der Waals surface area contributed by atoms with E-state index in [1.807, 2.05) is 12.1 Å². The summed E-state index contributed by atoms with van der Waals surface area (Å²) >= 11 is 0. The molecule has 4 rings (SSSR count). The molecule has 1 saturated heterocycles. The molecular formula is C19H22N2O. The van der Waals surface area contributed by atoms with Crippen LogP contribution in [-0.2, 0) is 6.42 Å². The van der Waals surface area contributed by atoms with E-state index in [4.69, 9.17) is 4.74 Å². The molecule has 22 heavy (non-hydrogen) atoms. The summed E-state index contributed by atoms with van der Waals surface area (Å²) in [5.74, 6) is 0.939. The minimum Gasteiger partial charge on any atom is -0.496 e. The number of hydrogen-bond acceptors (Lipinski definition) is 3. The summed E-state index contributed by atoms with van der Waals surface area (Å²) in [6.45, 7) is 3.32. The average molecular weight is 294 g/mol. The zero-order valence-electron chi connectivity index (χ0n) is 13.0. The Morgan fingerprint density at radius 3 is 2.95 bits per heavy atom. The van der Waals surface area contributed by atoms with Gasteiger partial charge in [-0.25, -0.2) is 0 Å². The second kappa shape index (κ2) is 5.65. The first-order valence-corrected chi connectivity index (χ1v) is 8.10. The van der Waals surface area contributed by atoms with E-state index in [2.05, 4.69) is 40.5 Å². The highest BCUT2D eigenvalue weighted by atomic mass is 16.5. The molecule has 0 amide bonds. The summed E-state index contributed by atoms with van der Waals surface area (Å²) in [7, 11) is 1.74. The molecule has 1 fully saturated rings. The van der Waals surface area contributed by atoms with Gasteiger partial charge in [0.05, 0.1) is 7.11 Å². The number of anilines is 1. The molecule has 0 saturated carbocycles. The van der Waals surface area contributed by atoms with Crippen LogP contribution in [-0.4, -0.2) is 32.8 Å². The molecule has 1 N–H and O–H groups in total. The lowest BCUT2D eigenvalue weighted by molar-refractivity contribution is 0.416. The Bertz CT molecular complexity index is 683. The van der Waals surface area contributed by atoms with Crippen LogP contribution in [0.5, 0.6) is 5.75 Å². The molecule has 0 bridgehead atoms. The van der Waals surface area contributed by atoms with Crippen LogP contribution >= 0.6 is 0 Å². The second-order valence-electron chi connectivity index (χ2n) is 6.13. The van der Waals surface area contributed by atoms with Gasteiger partial charge in [0.2, 0.25) is 0 Å². The maximum absolute atomic E-state index is 5.52. The van der Waals surface area contributed by atoms with Gasteiger partial charge in [0.25, 0.3) is 0 Å². The van der Waals surface area contributed by atoms with Crippen LogP contribution in [0, 0.1) is 0 Å². The molecule has 3 heteroatoms. The summed E-state index contributed by atoms with van der Waals surface area (Å²) in [6, 6.07) is 15.8. The van der Waals surface area contributed by atoms with Gasteiger partial charge in [-0.05, 0) is 42.6 Å². The van der Waals surface area contributed by atoms with Gasteiger partial charge in [-0.2, -0.15) is 0 Å². The number of ether oxygens (including phenoxy) is 1. The van der Waals surface area contributed by atoms with Gasteiger partial charge in [-0.1, -0.05) is 30.3 Å². The first-order chi connectivity index (χ1) is 10.9. The molecule has 2 aliphatic rings. The lowest BCUT2D eigenvalue weighted by Crippen LogP contribution is -2.32. The maximum atomic E-state index is 5.52. The van der Waals surface area contributed by atoms with E-state index in [1.165, 1.54) is 35.2 Å². The van der Waals surface area contributed by atoms with Crippen LogP contribution in [0.2, 0.25) is 0 Å². The molecule has 0 aromatic heterocycles. The van der Waals surface area contributed by atoms with Gasteiger partial charge in [-0.3, -0.25) is 0 Å². The highest BCUT2D eigenvalue weighted by Gasteiger charge is 2.30. The largest absolute Gasteiger partial charge is 0.496 e. The highest BCUT2D eigenvalue weighted by Crippen LogP contribution is 2.39. The summed E-state index contributed by atoms with van der Waals surface area (Å²) in [5, 5.41) is 3.51. The van der Waals surface area contributed by atoms with Gasteiger partial charge in [-0.15, -0.1) is 0 Å². The fraction of sp³-hybridized carbons (Fsp3) is 0.368. The van der Waals surface area contributed by atoms with E-state index >= 15 is 0 Å². The smallest absolute Gasteiger partial charge is 0.126 e. The Hall–Kier alpha value is -2.00. The van der Waals surface area contributed by atoms with E-state index in [0.29, 0.717) is 6.04 Å². The monoisotopic (exact) mass is 294 g/mol. The number of nitrogens with zero attached hydrogens (tertiary/aromatic N) is 1. The van der Waals surface area contributed by atoms with E-state index in [-0.39, 0.29) is 0 Å². The number of methoxy groups -OCH3 is 1. The molecule has 1 atom stereocenters. The molecule has 0 aliphatic carbocycles. The quantitative estimate of drug-likeness (QED) is 0.921. The van der Waals surface area contributed by atoms with Crippen LogP contribution in [0.15, 0.2) is 42.5 Å². The van der Waals surface area contributed by atoms with Crippen molar-refractivity contribution in [2.24, 2.45) is 0 Å². The van der Waals surface area contributed by atoms with Crippen molar-refractivity contribution in [1.29, 1.82) is 0 Å². The SMILES string of the molecule is COc1ccccc1-c1ccc2c(c1)N1CCNCCC1C2. The Labute approximate surface area is 131 Å². The summed E-state index contributed by atoms with van der Waals surface area (Å²) in [6.07, 6.45) is 2.42. The van der Waals surface area contributed by atoms with E-state index in [0.717, 1.165) is 25.4 Å². The van der Waals surface area contributed by atoms with E-state index < -0.39 is 0 Å². The number of benzene rings is 2. The molecule has 2 heterocycles. The van der Waals surface area contributed by atoms with E-state index in [1.54, 1.807) is 7.11 Å². The van der Waals surface area contributed by atoms with Crippen molar-refractivity contribution < 1.29 is 4.74 Å². The third-order valence-corrected chi connectivity index (χ3v) is 4.89. The summed E-state index contributed by atoms with van der Waals surface area (Å²) < 4.78 is 5.52. The highest BCUT2D eigenvalue weighted by molar-refractivity contribution is 5.76. The zero-order chi connectivity index (χ0) is 14.9. The normalized spacial score (nSPS) is 20.2. The van der Waals surface area contributed by atoms with Crippen LogP contribution in [0.4, 0.5) is 5.69 Å². The Morgan fingerprint density at radius 1 is 1.14 bits per heavy atom. The van der Waals surface area contributed by atoms with Gasteiger partial charge in [0.1, 0.15) is 5.75 Å². The Kier molecular flexibility index (Phi) is 3.51. The standard InChI is InChI=1S/C19H22N2O/c1-22-19-5-3-2-4-17(19)14-6-7-15-12-16-8-9-20-10-11-21(16)18(15)13-14/h2-7,13,16,20H,8-12H2,1H3. The molecular weight excluding hydrogens is 272 g/mol. The lowest BCUT2D eigenvalue weighted by atomic mass is 10.0. The average Bonchev–Trinajstić information content (AvgIpc) is 2.75. The van der Waals surface area contributed by atoms with Crippen LogP contribution in [0.3, 0.4) is 0 Å². The topological polar surface area (TPSA) is 24.5 Å². The van der Waals surface area contributed by atoms with Gasteiger partial charge < -0.3 is 15.0 Å². The third-order valence-electron chi connectivity index (χ3n) is 4.89. The van der Waals surface area contributed by atoms with Gasteiger partial charge in [0.15, 0.2) is 0 Å². The number of hydrogen-bond donors (Lipinski definition) is 1. The Morgan fingerprint density at radius 2 is 2.05 bits per heavy atom. The molecule has 2 aromatic carbocycles. The molecule has 2 aliphatic heterocycles. The van der Waals surface area contributed by atoms with Gasteiger partial charge in [0, 0.05) is 30.4 Å². The molecule has 2 aromatic rings. The molecule has 0 radical (unpaired) electrons. The predicted molar refractivity (Wildman–Crippen MR) is 90.8 cm³/mol. The van der Waals surface area contributed by atoms with Crippen LogP contribution in [0.25, 0.3) is 11.1 Å². The zero-order valence-corrected chi connectivity index (χ0v) is 13.0. The van der Waals surface area contributed by atoms with Crippen molar-refractivity contribution in [1.82, 2.24) is 5.32 Å². The second-order valence-corrected chi connectivity index (χ2v) is 6.13. The van der Waals surface area contributed by atoms with Gasteiger partial charge >= 0.3 is 0 Å². The van der Waals surface area contributed by atoms with E-state index in [9.17, 15) is 0 Å². The summed E-state index contributed by atoms with van der Waals surface area (Å²) in [5.41, 5.74) is 5.32. The van der Waals surface area contributed by atoms with Crippen molar-refractivity contribution in [3.05, 3.63) is 48.0 Å². The predicted octanol–water partition coefficient (Wildman–Crippen LogP) is 3.09. The molecule has 0 spiro atoms. The van der Waals surface area contributed by atoms with Crippen LogP contribution in [0.1, 0.15) is 12.0 Å². The van der Waals surface area contributed by atoms with Crippen molar-refractivity contribution in [3.8, 4) is 16.9 Å². The number of fused-ring (bicyclic) bond motifs is 3. The minimum absolute atomic E-state index is 0.665. The fourth-order valence-corrected chi connectivity index (χ4v) is 3.77. The van der Waals surface area contributed by atoms with Crippen molar-refractivity contribution >= 4 is 5.69 Å². The van der Waals surface area contributed by atoms with Crippen molar-refractivity contribution in [2.45, 2.75) is 18.9 Å². The van der Waals surface area contributed by atoms with Crippen molar-refractivity contribution in [2.75, 3.05) is 31.6 Å². The first kappa shape index (κ1) is 13.6. The summed E-state index contributed by atoms with van der Waals surface area (Å²) in [4.78, 5) is 2.59. The van der Waals surface area contributed by atoms with Crippen molar-refractivity contribution in [3.63, 3.8) is 0 Å². The number of nitrogens with one attached hydrogen (secondary N) is 1. The molecule has 1 unspecified atom stereocenters. The first-order valence-electron chi connectivity index (χ1n) is 8.10. The van der Waals surface area contributed by atoms with Crippen LogP contribution < -0.4 is 15.0 Å².